The van der Waals surface area contributed by atoms with E-state index in [4.69, 9.17) is 28.4 Å². The molecule has 0 radical (unpaired) electrons. The number of hydrogen-bond donors (Lipinski definition) is 0. The Hall–Kier alpha value is 0.490. The maximum absolute atomic E-state index is 5.95. The quantitative estimate of drug-likeness (QED) is 0.436. The zero-order valence-corrected chi connectivity index (χ0v) is 19.8. The van der Waals surface area contributed by atoms with Gasteiger partial charge >= 0.3 is 0 Å². The minimum absolute atomic E-state index is 0.0504. The summed E-state index contributed by atoms with van der Waals surface area (Å²) in [6.07, 6.45) is 0.175. The number of alkyl halides is 1. The van der Waals surface area contributed by atoms with Gasteiger partial charge < -0.3 is 28.4 Å². The molecule has 1 heterocycles. The predicted octanol–water partition coefficient (Wildman–Crippen LogP) is 3.34. The van der Waals surface area contributed by atoms with E-state index in [9.17, 15) is 0 Å². The van der Waals surface area contributed by atoms with Gasteiger partial charge in [0.1, 0.15) is 0 Å². The molecule has 0 aromatic heterocycles. The highest BCUT2D eigenvalue weighted by Gasteiger charge is 2.19. The molecule has 1 saturated heterocycles. The molecule has 0 aromatic carbocycles. The third-order valence-corrected chi connectivity index (χ3v) is 5.33. The Kier molecular flexibility index (Phi) is 14.5. The highest BCUT2D eigenvalue weighted by atomic mass is 127. The van der Waals surface area contributed by atoms with E-state index in [-0.39, 0.29) is 18.3 Å². The van der Waals surface area contributed by atoms with Crippen LogP contribution in [0.3, 0.4) is 0 Å². The molecule has 27 heavy (non-hydrogen) atoms. The Labute approximate surface area is 179 Å². The summed E-state index contributed by atoms with van der Waals surface area (Å²) in [6.45, 7) is 15.8. The lowest BCUT2D eigenvalue weighted by molar-refractivity contribution is -0.0994. The summed E-state index contributed by atoms with van der Waals surface area (Å²) >= 11 is 2.38. The van der Waals surface area contributed by atoms with Gasteiger partial charge in [-0.25, -0.2) is 0 Å². The summed E-state index contributed by atoms with van der Waals surface area (Å²) in [6, 6.07) is 0. The zero-order valence-electron chi connectivity index (χ0n) is 17.7. The molecule has 0 saturated carbocycles. The van der Waals surface area contributed by atoms with Crippen LogP contribution in [0.2, 0.25) is 0 Å². The summed E-state index contributed by atoms with van der Waals surface area (Å²) in [4.78, 5) is 0. The summed E-state index contributed by atoms with van der Waals surface area (Å²) in [5.41, 5.74) is 0. The average molecular weight is 502 g/mol. The first-order chi connectivity index (χ1) is 12.9. The van der Waals surface area contributed by atoms with Crippen molar-refractivity contribution < 1.29 is 28.4 Å². The standard InChI is InChI=1S/C20H39IO6/c1-15(2)18-12-22-6-9-25-19(16(3)4)13-23-8-11-27-20(17(5)21)14-24-7-10-26-18/h15-20H,6-14H2,1-5H3. The predicted molar refractivity (Wildman–Crippen MR) is 115 cm³/mol. The van der Waals surface area contributed by atoms with Crippen LogP contribution in [0.1, 0.15) is 34.6 Å². The first kappa shape index (κ1) is 25.5. The van der Waals surface area contributed by atoms with Gasteiger partial charge in [-0.1, -0.05) is 57.2 Å². The topological polar surface area (TPSA) is 55.4 Å². The van der Waals surface area contributed by atoms with Crippen LogP contribution in [-0.4, -0.2) is 81.7 Å². The number of rotatable bonds is 3. The van der Waals surface area contributed by atoms with Crippen molar-refractivity contribution >= 4 is 22.6 Å². The van der Waals surface area contributed by atoms with Crippen LogP contribution in [0.4, 0.5) is 0 Å². The van der Waals surface area contributed by atoms with Gasteiger partial charge in [0.2, 0.25) is 0 Å². The fourth-order valence-corrected chi connectivity index (χ4v) is 2.97. The number of hydrogen-bond acceptors (Lipinski definition) is 6. The molecule has 1 rings (SSSR count). The van der Waals surface area contributed by atoms with Crippen LogP contribution in [-0.2, 0) is 28.4 Å². The van der Waals surface area contributed by atoms with E-state index >= 15 is 0 Å². The molecule has 4 unspecified atom stereocenters. The maximum atomic E-state index is 5.95. The Morgan fingerprint density at radius 3 is 1.22 bits per heavy atom. The van der Waals surface area contributed by atoms with Gasteiger partial charge in [0.25, 0.3) is 0 Å². The van der Waals surface area contributed by atoms with Gasteiger partial charge in [-0.2, -0.15) is 0 Å². The van der Waals surface area contributed by atoms with Crippen LogP contribution in [0.5, 0.6) is 0 Å². The molecule has 0 aromatic rings. The Morgan fingerprint density at radius 1 is 0.556 bits per heavy atom. The third-order valence-electron chi connectivity index (χ3n) is 4.52. The van der Waals surface area contributed by atoms with Gasteiger partial charge in [0.15, 0.2) is 0 Å². The van der Waals surface area contributed by atoms with Gasteiger partial charge in [-0.05, 0) is 11.8 Å². The molecule has 7 heteroatoms. The molecular weight excluding hydrogens is 463 g/mol. The molecule has 4 atom stereocenters. The summed E-state index contributed by atoms with van der Waals surface area (Å²) in [7, 11) is 0. The Morgan fingerprint density at radius 2 is 0.889 bits per heavy atom. The van der Waals surface area contributed by atoms with Crippen LogP contribution >= 0.6 is 22.6 Å². The molecular formula is C20H39IO6. The fraction of sp³-hybridized carbons (Fsp3) is 1.00. The second-order valence-corrected chi connectivity index (χ2v) is 9.58. The summed E-state index contributed by atoms with van der Waals surface area (Å²) < 4.78 is 35.5. The average Bonchev–Trinajstić information content (AvgIpc) is 2.60. The van der Waals surface area contributed by atoms with Gasteiger partial charge in [-0.3, -0.25) is 0 Å². The highest BCUT2D eigenvalue weighted by Crippen LogP contribution is 2.12. The van der Waals surface area contributed by atoms with E-state index in [0.29, 0.717) is 75.2 Å². The van der Waals surface area contributed by atoms with Gasteiger partial charge in [0, 0.05) is 3.92 Å². The van der Waals surface area contributed by atoms with E-state index in [1.165, 1.54) is 0 Å². The SMILES string of the molecule is CC(C)C1COCCOC(C(C)C)COCCOC(C(C)I)COCCO1. The molecule has 1 fully saturated rings. The maximum Gasteiger partial charge on any atom is 0.0924 e. The smallest absolute Gasteiger partial charge is 0.0924 e. The van der Waals surface area contributed by atoms with Crippen LogP contribution in [0.15, 0.2) is 0 Å². The molecule has 0 spiro atoms. The van der Waals surface area contributed by atoms with Crippen LogP contribution in [0, 0.1) is 11.8 Å². The minimum Gasteiger partial charge on any atom is -0.376 e. The molecule has 1 aliphatic rings. The first-order valence-electron chi connectivity index (χ1n) is 10.1. The van der Waals surface area contributed by atoms with Crippen molar-refractivity contribution in [2.75, 3.05) is 59.5 Å². The normalized spacial score (nSPS) is 30.0. The van der Waals surface area contributed by atoms with Crippen molar-refractivity contribution in [3.05, 3.63) is 0 Å². The van der Waals surface area contributed by atoms with E-state index in [0.717, 1.165) is 0 Å². The minimum atomic E-state index is 0.0504. The summed E-state index contributed by atoms with van der Waals surface area (Å²) in [5, 5.41) is 0. The van der Waals surface area contributed by atoms with Gasteiger partial charge in [0.05, 0.1) is 77.8 Å². The van der Waals surface area contributed by atoms with Crippen LogP contribution < -0.4 is 0 Å². The lowest BCUT2D eigenvalue weighted by Gasteiger charge is -2.25. The molecule has 1 aliphatic heterocycles. The van der Waals surface area contributed by atoms with Crippen LogP contribution in [0.25, 0.3) is 0 Å². The van der Waals surface area contributed by atoms with Crippen molar-refractivity contribution in [3.8, 4) is 0 Å². The second kappa shape index (κ2) is 15.3. The van der Waals surface area contributed by atoms with Crippen molar-refractivity contribution in [1.82, 2.24) is 0 Å². The van der Waals surface area contributed by atoms with Crippen molar-refractivity contribution in [2.24, 2.45) is 11.8 Å². The summed E-state index contributed by atoms with van der Waals surface area (Å²) in [5.74, 6) is 0.776. The van der Waals surface area contributed by atoms with Gasteiger partial charge in [-0.15, -0.1) is 0 Å². The second-order valence-electron chi connectivity index (χ2n) is 7.62. The number of ether oxygens (including phenoxy) is 6. The highest BCUT2D eigenvalue weighted by molar-refractivity contribution is 14.1. The van der Waals surface area contributed by atoms with Crippen molar-refractivity contribution in [1.29, 1.82) is 0 Å². The fourth-order valence-electron chi connectivity index (χ4n) is 2.55. The van der Waals surface area contributed by atoms with E-state index in [1.807, 2.05) is 0 Å². The van der Waals surface area contributed by atoms with E-state index in [1.54, 1.807) is 0 Å². The molecule has 6 nitrogen and oxygen atoms in total. The Bertz CT molecular complexity index is 283. The largest absolute Gasteiger partial charge is 0.376 e. The third kappa shape index (κ3) is 11.9. The zero-order chi connectivity index (χ0) is 20.1. The lowest BCUT2D eigenvalue weighted by Crippen LogP contribution is -2.33. The monoisotopic (exact) mass is 502 g/mol. The van der Waals surface area contributed by atoms with Crippen molar-refractivity contribution in [3.63, 3.8) is 0 Å². The Balaban J connectivity index is 2.56. The molecule has 0 amide bonds. The molecule has 162 valence electrons. The first-order valence-corrected chi connectivity index (χ1v) is 11.4. The van der Waals surface area contributed by atoms with Crippen molar-refractivity contribution in [2.45, 2.75) is 56.9 Å². The van der Waals surface area contributed by atoms with E-state index < -0.39 is 0 Å². The molecule has 0 bridgehead atoms. The molecule has 0 N–H and O–H groups in total. The molecule has 0 aliphatic carbocycles. The lowest BCUT2D eigenvalue weighted by atomic mass is 10.1. The van der Waals surface area contributed by atoms with E-state index in [2.05, 4.69) is 57.2 Å². The number of halogens is 1.